The molecule has 0 unspecified atom stereocenters. The van der Waals surface area contributed by atoms with Crippen molar-refractivity contribution in [2.24, 2.45) is 10.9 Å². The summed E-state index contributed by atoms with van der Waals surface area (Å²) in [6.45, 7) is -0.310. The van der Waals surface area contributed by atoms with Crippen LogP contribution in [0.1, 0.15) is 5.56 Å². The van der Waals surface area contributed by atoms with E-state index in [1.54, 1.807) is 36.4 Å². The zero-order valence-electron chi connectivity index (χ0n) is 12.9. The van der Waals surface area contributed by atoms with Gasteiger partial charge >= 0.3 is 5.97 Å². The SMILES string of the molecule is N/C(Cc1ccc([N+](=O)[O-])cc1)=N/OC(=O)COc1ccc(Br)cc1. The third-order valence-electron chi connectivity index (χ3n) is 2.97. The smallest absolute Gasteiger partial charge is 0.372 e. The third-order valence-corrected chi connectivity index (χ3v) is 3.50. The first kappa shape index (κ1) is 18.4. The summed E-state index contributed by atoms with van der Waals surface area (Å²) in [7, 11) is 0. The van der Waals surface area contributed by atoms with Crippen molar-refractivity contribution in [2.45, 2.75) is 6.42 Å². The lowest BCUT2D eigenvalue weighted by Crippen LogP contribution is -2.18. The van der Waals surface area contributed by atoms with Gasteiger partial charge in [0.1, 0.15) is 11.6 Å². The maximum atomic E-state index is 11.6. The molecule has 0 aliphatic rings. The first-order valence-corrected chi connectivity index (χ1v) is 7.87. The van der Waals surface area contributed by atoms with E-state index >= 15 is 0 Å². The summed E-state index contributed by atoms with van der Waals surface area (Å²) in [6, 6.07) is 12.8. The molecule has 0 heterocycles. The van der Waals surface area contributed by atoms with Crippen LogP contribution in [0.5, 0.6) is 5.75 Å². The lowest BCUT2D eigenvalue weighted by atomic mass is 10.1. The molecule has 2 aromatic rings. The number of nitro benzene ring substituents is 1. The second-order valence-corrected chi connectivity index (χ2v) is 5.80. The van der Waals surface area contributed by atoms with Gasteiger partial charge in [0, 0.05) is 23.0 Å². The van der Waals surface area contributed by atoms with Gasteiger partial charge in [-0.3, -0.25) is 10.1 Å². The highest BCUT2D eigenvalue weighted by molar-refractivity contribution is 9.10. The van der Waals surface area contributed by atoms with Crippen LogP contribution < -0.4 is 10.5 Å². The zero-order chi connectivity index (χ0) is 18.2. The number of hydrogen-bond acceptors (Lipinski definition) is 6. The molecule has 0 bridgehead atoms. The predicted molar refractivity (Wildman–Crippen MR) is 94.2 cm³/mol. The number of nitrogens with two attached hydrogens (primary N) is 1. The van der Waals surface area contributed by atoms with Crippen molar-refractivity contribution in [1.29, 1.82) is 0 Å². The highest BCUT2D eigenvalue weighted by atomic mass is 79.9. The Hall–Kier alpha value is -2.94. The van der Waals surface area contributed by atoms with Crippen LogP contribution in [0.4, 0.5) is 5.69 Å². The first-order chi connectivity index (χ1) is 11.9. The highest BCUT2D eigenvalue weighted by Gasteiger charge is 2.07. The molecule has 2 rings (SSSR count). The molecule has 2 aromatic carbocycles. The van der Waals surface area contributed by atoms with E-state index in [2.05, 4.69) is 25.9 Å². The molecular formula is C16H14BrN3O5. The van der Waals surface area contributed by atoms with E-state index in [0.717, 1.165) is 4.47 Å². The van der Waals surface area contributed by atoms with Gasteiger partial charge in [-0.1, -0.05) is 33.2 Å². The second kappa shape index (κ2) is 8.78. The number of rotatable bonds is 7. The van der Waals surface area contributed by atoms with Crippen LogP contribution in [0.25, 0.3) is 0 Å². The van der Waals surface area contributed by atoms with Crippen LogP contribution >= 0.6 is 15.9 Å². The fraction of sp³-hybridized carbons (Fsp3) is 0.125. The average molecular weight is 408 g/mol. The highest BCUT2D eigenvalue weighted by Crippen LogP contribution is 2.16. The fourth-order valence-corrected chi connectivity index (χ4v) is 2.05. The Morgan fingerprint density at radius 1 is 1.16 bits per heavy atom. The van der Waals surface area contributed by atoms with Crippen molar-refractivity contribution >= 4 is 33.4 Å². The Bertz CT molecular complexity index is 775. The summed E-state index contributed by atoms with van der Waals surface area (Å²) >= 11 is 3.29. The molecule has 0 saturated carbocycles. The van der Waals surface area contributed by atoms with E-state index in [9.17, 15) is 14.9 Å². The van der Waals surface area contributed by atoms with Crippen LogP contribution in [0.15, 0.2) is 58.2 Å². The average Bonchev–Trinajstić information content (AvgIpc) is 2.60. The number of carbonyl (C=O) groups excluding carboxylic acids is 1. The van der Waals surface area contributed by atoms with E-state index in [1.165, 1.54) is 12.1 Å². The number of carbonyl (C=O) groups is 1. The maximum absolute atomic E-state index is 11.6. The minimum Gasteiger partial charge on any atom is -0.482 e. The molecule has 0 fully saturated rings. The Labute approximate surface area is 151 Å². The summed E-state index contributed by atoms with van der Waals surface area (Å²) in [4.78, 5) is 26.3. The molecule has 0 saturated heterocycles. The monoisotopic (exact) mass is 407 g/mol. The van der Waals surface area contributed by atoms with Gasteiger partial charge < -0.3 is 15.3 Å². The molecule has 8 nitrogen and oxygen atoms in total. The minimum atomic E-state index is -0.699. The number of ether oxygens (including phenoxy) is 1. The molecule has 25 heavy (non-hydrogen) atoms. The molecule has 0 amide bonds. The zero-order valence-corrected chi connectivity index (χ0v) is 14.5. The molecule has 0 aliphatic heterocycles. The lowest BCUT2D eigenvalue weighted by molar-refractivity contribution is -0.384. The number of non-ortho nitro benzene ring substituents is 1. The van der Waals surface area contributed by atoms with E-state index in [4.69, 9.17) is 10.5 Å². The number of benzene rings is 2. The molecule has 0 aromatic heterocycles. The second-order valence-electron chi connectivity index (χ2n) is 4.89. The Balaban J connectivity index is 1.80. The van der Waals surface area contributed by atoms with Crippen molar-refractivity contribution in [1.82, 2.24) is 0 Å². The van der Waals surface area contributed by atoms with Gasteiger partial charge in [0.15, 0.2) is 6.61 Å². The summed E-state index contributed by atoms with van der Waals surface area (Å²) in [5, 5.41) is 14.1. The molecule has 9 heteroatoms. The molecular weight excluding hydrogens is 394 g/mol. The van der Waals surface area contributed by atoms with Crippen molar-refractivity contribution in [3.63, 3.8) is 0 Å². The number of nitrogens with zero attached hydrogens (tertiary/aromatic N) is 2. The van der Waals surface area contributed by atoms with Crippen LogP contribution in [0.3, 0.4) is 0 Å². The van der Waals surface area contributed by atoms with Crippen molar-refractivity contribution in [3.8, 4) is 5.75 Å². The fourth-order valence-electron chi connectivity index (χ4n) is 1.79. The van der Waals surface area contributed by atoms with Gasteiger partial charge in [-0.15, -0.1) is 0 Å². The van der Waals surface area contributed by atoms with Crippen LogP contribution in [-0.4, -0.2) is 23.3 Å². The lowest BCUT2D eigenvalue weighted by Gasteiger charge is -2.04. The van der Waals surface area contributed by atoms with Gasteiger partial charge in [0.2, 0.25) is 0 Å². The van der Waals surface area contributed by atoms with Crippen molar-refractivity contribution in [2.75, 3.05) is 6.61 Å². The van der Waals surface area contributed by atoms with E-state index < -0.39 is 10.9 Å². The van der Waals surface area contributed by atoms with Gasteiger partial charge in [-0.2, -0.15) is 0 Å². The number of halogens is 1. The standard InChI is InChI=1S/C16H14BrN3O5/c17-12-3-7-14(8-4-12)24-10-16(21)25-19-15(18)9-11-1-5-13(6-2-11)20(22)23/h1-8H,9-10H2,(H2,18,19). The quantitative estimate of drug-likeness (QED) is 0.248. The van der Waals surface area contributed by atoms with Gasteiger partial charge in [-0.05, 0) is 29.8 Å². The van der Waals surface area contributed by atoms with Gasteiger partial charge in [-0.25, -0.2) is 4.79 Å². The summed E-state index contributed by atoms with van der Waals surface area (Å²) in [5.74, 6) is -0.122. The molecule has 2 N–H and O–H groups in total. The number of amidine groups is 1. The van der Waals surface area contributed by atoms with Gasteiger partial charge in [0.05, 0.1) is 4.92 Å². The number of nitro groups is 1. The Morgan fingerprint density at radius 3 is 2.40 bits per heavy atom. The van der Waals surface area contributed by atoms with Crippen LogP contribution in [0.2, 0.25) is 0 Å². The molecule has 0 radical (unpaired) electrons. The number of oxime groups is 1. The first-order valence-electron chi connectivity index (χ1n) is 7.08. The van der Waals surface area contributed by atoms with Crippen LogP contribution in [-0.2, 0) is 16.1 Å². The molecule has 0 atom stereocenters. The van der Waals surface area contributed by atoms with Crippen LogP contribution in [0, 0.1) is 10.1 Å². The molecule has 0 aliphatic carbocycles. The van der Waals surface area contributed by atoms with Crippen molar-refractivity contribution < 1.29 is 19.3 Å². The molecule has 130 valence electrons. The van der Waals surface area contributed by atoms with Crippen molar-refractivity contribution in [3.05, 3.63) is 68.7 Å². The topological polar surface area (TPSA) is 117 Å². The summed E-state index contributed by atoms with van der Waals surface area (Å²) < 4.78 is 6.13. The maximum Gasteiger partial charge on any atom is 0.372 e. The van der Waals surface area contributed by atoms with Gasteiger partial charge in [0.25, 0.3) is 5.69 Å². The normalized spacial score (nSPS) is 11.0. The largest absolute Gasteiger partial charge is 0.482 e. The predicted octanol–water partition coefficient (Wildman–Crippen LogP) is 2.79. The van der Waals surface area contributed by atoms with E-state index in [0.29, 0.717) is 11.3 Å². The minimum absolute atomic E-state index is 0.0178. The third kappa shape index (κ3) is 6.22. The Morgan fingerprint density at radius 2 is 1.80 bits per heavy atom. The number of hydrogen-bond donors (Lipinski definition) is 1. The van der Waals surface area contributed by atoms with E-state index in [1.807, 2.05) is 0 Å². The van der Waals surface area contributed by atoms with E-state index in [-0.39, 0.29) is 24.6 Å². The molecule has 0 spiro atoms. The summed E-state index contributed by atoms with van der Waals surface area (Å²) in [5.41, 5.74) is 6.35. The summed E-state index contributed by atoms with van der Waals surface area (Å²) in [6.07, 6.45) is 0.193. The Kier molecular flexibility index (Phi) is 6.47.